The molecule has 2 aromatic rings. The van der Waals surface area contributed by atoms with Gasteiger partial charge in [0.1, 0.15) is 6.04 Å². The molecular formula is C34H51N5O5. The predicted octanol–water partition coefficient (Wildman–Crippen LogP) is 4.79. The third-order valence-electron chi connectivity index (χ3n) is 8.41. The van der Waals surface area contributed by atoms with Gasteiger partial charge < -0.3 is 24.7 Å². The highest BCUT2D eigenvalue weighted by molar-refractivity contribution is 6.01. The molecule has 0 bridgehead atoms. The van der Waals surface area contributed by atoms with Gasteiger partial charge in [-0.15, -0.1) is 0 Å². The van der Waals surface area contributed by atoms with Crippen LogP contribution in [-0.4, -0.2) is 84.5 Å². The van der Waals surface area contributed by atoms with Gasteiger partial charge in [-0.3, -0.25) is 14.5 Å². The maximum Gasteiger partial charge on any atom is 0.318 e. The Hall–Kier alpha value is -3.24. The Morgan fingerprint density at radius 1 is 0.955 bits per heavy atom. The number of nitrogens with one attached hydrogen (secondary N) is 2. The van der Waals surface area contributed by atoms with Crippen molar-refractivity contribution in [1.29, 1.82) is 0 Å². The van der Waals surface area contributed by atoms with Crippen molar-refractivity contribution in [3.05, 3.63) is 53.2 Å². The smallest absolute Gasteiger partial charge is 0.318 e. The average molecular weight is 610 g/mol. The minimum atomic E-state index is -0.839. The van der Waals surface area contributed by atoms with Gasteiger partial charge in [0.2, 0.25) is 17.6 Å². The van der Waals surface area contributed by atoms with Crippen molar-refractivity contribution < 1.29 is 23.5 Å². The molecule has 0 spiro atoms. The number of ether oxygens (including phenoxy) is 1. The van der Waals surface area contributed by atoms with Crippen molar-refractivity contribution in [2.24, 2.45) is 11.8 Å². The monoisotopic (exact) mass is 609 g/mol. The summed E-state index contributed by atoms with van der Waals surface area (Å²) in [5, 5.41) is 5.96. The molecule has 2 N–H and O–H groups in total. The Kier molecular flexibility index (Phi) is 12.4. The number of morpholine rings is 1. The lowest BCUT2D eigenvalue weighted by molar-refractivity contribution is -0.123. The van der Waals surface area contributed by atoms with Crippen LogP contribution in [0.5, 0.6) is 0 Å². The lowest BCUT2D eigenvalue weighted by atomic mass is 9.97. The average Bonchev–Trinajstić information content (AvgIpc) is 3.42. The van der Waals surface area contributed by atoms with Crippen molar-refractivity contribution in [3.63, 3.8) is 0 Å². The van der Waals surface area contributed by atoms with Gasteiger partial charge in [-0.25, -0.2) is 9.78 Å². The summed E-state index contributed by atoms with van der Waals surface area (Å²) in [4.78, 5) is 50.0. The molecule has 4 rings (SSSR count). The van der Waals surface area contributed by atoms with Crippen LogP contribution in [-0.2, 0) is 22.4 Å². The van der Waals surface area contributed by atoms with Crippen molar-refractivity contribution >= 4 is 17.7 Å². The minimum Gasteiger partial charge on any atom is -0.435 e. The fourth-order valence-corrected chi connectivity index (χ4v) is 5.98. The van der Waals surface area contributed by atoms with E-state index >= 15 is 0 Å². The van der Waals surface area contributed by atoms with Crippen LogP contribution in [0.4, 0.5) is 4.79 Å². The second kappa shape index (κ2) is 16.2. The molecule has 2 aliphatic rings. The second-order valence-corrected chi connectivity index (χ2v) is 13.1. The van der Waals surface area contributed by atoms with Gasteiger partial charge in [0, 0.05) is 13.1 Å². The molecule has 242 valence electrons. The van der Waals surface area contributed by atoms with E-state index in [1.165, 1.54) is 0 Å². The van der Waals surface area contributed by atoms with Crippen LogP contribution >= 0.6 is 0 Å². The molecule has 3 unspecified atom stereocenters. The molecule has 10 nitrogen and oxygen atoms in total. The summed E-state index contributed by atoms with van der Waals surface area (Å²) in [5.74, 6) is 0.593. The Morgan fingerprint density at radius 3 is 2.34 bits per heavy atom. The molecule has 1 aromatic heterocycles. The van der Waals surface area contributed by atoms with E-state index in [-0.39, 0.29) is 41.4 Å². The number of ketones is 1. The highest BCUT2D eigenvalue weighted by Gasteiger charge is 2.34. The molecule has 3 atom stereocenters. The van der Waals surface area contributed by atoms with Crippen molar-refractivity contribution in [1.82, 2.24) is 25.4 Å². The van der Waals surface area contributed by atoms with Crippen LogP contribution < -0.4 is 10.6 Å². The fourth-order valence-electron chi connectivity index (χ4n) is 5.98. The van der Waals surface area contributed by atoms with Crippen LogP contribution in [0.2, 0.25) is 0 Å². The summed E-state index contributed by atoms with van der Waals surface area (Å²) in [7, 11) is 2.07. The van der Waals surface area contributed by atoms with Gasteiger partial charge in [0.15, 0.2) is 5.76 Å². The molecule has 0 radical (unpaired) electrons. The van der Waals surface area contributed by atoms with Gasteiger partial charge in [0.25, 0.3) is 0 Å². The molecule has 2 saturated heterocycles. The van der Waals surface area contributed by atoms with E-state index in [2.05, 4.69) is 36.4 Å². The zero-order chi connectivity index (χ0) is 31.6. The molecular weight excluding hydrogens is 558 g/mol. The normalized spacial score (nSPS) is 19.2. The zero-order valence-corrected chi connectivity index (χ0v) is 27.1. The molecule has 3 heterocycles. The third kappa shape index (κ3) is 9.38. The van der Waals surface area contributed by atoms with Crippen molar-refractivity contribution in [2.45, 2.75) is 90.8 Å². The van der Waals surface area contributed by atoms with Crippen LogP contribution in [0.3, 0.4) is 0 Å². The second-order valence-electron chi connectivity index (χ2n) is 13.1. The lowest BCUT2D eigenvalue weighted by Gasteiger charge is -2.30. The van der Waals surface area contributed by atoms with Gasteiger partial charge in [-0.2, -0.15) is 0 Å². The molecule has 10 heteroatoms. The first-order valence-electron chi connectivity index (χ1n) is 16.3. The van der Waals surface area contributed by atoms with Crippen LogP contribution in [0, 0.1) is 11.8 Å². The van der Waals surface area contributed by atoms with E-state index in [1.54, 1.807) is 4.90 Å². The molecule has 2 aliphatic heterocycles. The largest absolute Gasteiger partial charge is 0.435 e. The Morgan fingerprint density at radius 2 is 1.68 bits per heavy atom. The summed E-state index contributed by atoms with van der Waals surface area (Å²) < 4.78 is 11.7. The number of piperidine rings is 1. The maximum absolute atomic E-state index is 14.3. The van der Waals surface area contributed by atoms with E-state index < -0.39 is 12.1 Å². The Labute approximate surface area is 262 Å². The van der Waals surface area contributed by atoms with E-state index in [4.69, 9.17) is 14.1 Å². The number of nitrogens with zero attached hydrogens (tertiary/aromatic N) is 3. The third-order valence-corrected chi connectivity index (χ3v) is 8.41. The Bertz CT molecular complexity index is 1220. The number of aryl methyl sites for hydroxylation is 1. The number of carbonyl (C=O) groups excluding carboxylic acids is 3. The SMILES string of the molecule is CC(C)Cc1nc(C2CCCCN2C)oc1C(=O)C(CCc1ccccc1)NC(=O)C(CC(C)C)NC(=O)N1CCOCC1. The molecule has 0 aliphatic carbocycles. The van der Waals surface area contributed by atoms with E-state index in [0.717, 1.165) is 31.4 Å². The number of hydrogen-bond acceptors (Lipinski definition) is 7. The maximum atomic E-state index is 14.3. The zero-order valence-electron chi connectivity index (χ0n) is 27.1. The van der Waals surface area contributed by atoms with Crippen LogP contribution in [0.25, 0.3) is 0 Å². The predicted molar refractivity (Wildman–Crippen MR) is 169 cm³/mol. The molecule has 44 heavy (non-hydrogen) atoms. The molecule has 1 aromatic carbocycles. The first-order chi connectivity index (χ1) is 21.1. The first-order valence-corrected chi connectivity index (χ1v) is 16.3. The number of oxazole rings is 1. The van der Waals surface area contributed by atoms with Crippen molar-refractivity contribution in [2.75, 3.05) is 39.9 Å². The molecule has 0 saturated carbocycles. The fraction of sp³-hybridized carbons (Fsp3) is 0.647. The number of urea groups is 1. The van der Waals surface area contributed by atoms with E-state index in [9.17, 15) is 14.4 Å². The Balaban J connectivity index is 1.60. The number of aromatic nitrogens is 1. The number of benzene rings is 1. The summed E-state index contributed by atoms with van der Waals surface area (Å²) in [6, 6.07) is 8.03. The number of Topliss-reactive ketones (excluding diaryl/α,β-unsaturated/α-hetero) is 1. The topological polar surface area (TPSA) is 117 Å². The number of hydrogen-bond donors (Lipinski definition) is 2. The van der Waals surface area contributed by atoms with Gasteiger partial charge in [-0.1, -0.05) is 64.4 Å². The first kappa shape index (κ1) is 33.6. The standard InChI is InChI=1S/C34H51N5O5/c1-23(2)21-27-31(44-33(36-27)29-13-9-10-16-38(29)5)30(40)26(15-14-25-11-7-6-8-12-25)35-32(41)28(22-24(3)4)37-34(42)39-17-19-43-20-18-39/h6-8,11-12,23-24,26,28-29H,9-10,13-22H2,1-5H3,(H,35,41)(H,37,42). The quantitative estimate of drug-likeness (QED) is 0.314. The van der Waals surface area contributed by atoms with Crippen LogP contribution in [0.1, 0.15) is 93.5 Å². The summed E-state index contributed by atoms with van der Waals surface area (Å²) in [6.45, 7) is 11.1. The number of likely N-dealkylation sites (tertiary alicyclic amines) is 1. The van der Waals surface area contributed by atoms with Crippen molar-refractivity contribution in [3.8, 4) is 0 Å². The number of rotatable bonds is 13. The number of amides is 3. The summed E-state index contributed by atoms with van der Waals surface area (Å²) >= 11 is 0. The molecule has 3 amide bonds. The minimum absolute atomic E-state index is 0.0272. The van der Waals surface area contributed by atoms with Gasteiger partial charge in [-0.05, 0) is 69.5 Å². The molecule has 2 fully saturated rings. The summed E-state index contributed by atoms with van der Waals surface area (Å²) in [5.41, 5.74) is 1.72. The van der Waals surface area contributed by atoms with Gasteiger partial charge in [0.05, 0.1) is 31.0 Å². The highest BCUT2D eigenvalue weighted by Crippen LogP contribution is 2.31. The van der Waals surface area contributed by atoms with E-state index in [1.807, 2.05) is 44.2 Å². The highest BCUT2D eigenvalue weighted by atomic mass is 16.5. The van der Waals surface area contributed by atoms with E-state index in [0.29, 0.717) is 63.6 Å². The number of carbonyl (C=O) groups is 3. The lowest BCUT2D eigenvalue weighted by Crippen LogP contribution is -2.56. The van der Waals surface area contributed by atoms with Gasteiger partial charge >= 0.3 is 6.03 Å². The van der Waals surface area contributed by atoms with Crippen LogP contribution in [0.15, 0.2) is 34.7 Å². The summed E-state index contributed by atoms with van der Waals surface area (Å²) in [6.07, 6.45) is 5.18.